The average Bonchev–Trinajstić information content (AvgIpc) is 2.86. The van der Waals surface area contributed by atoms with Crippen LogP contribution in [-0.2, 0) is 0 Å². The van der Waals surface area contributed by atoms with E-state index in [1.54, 1.807) is 25.6 Å². The lowest BCUT2D eigenvalue weighted by Gasteiger charge is -2.08. The van der Waals surface area contributed by atoms with Gasteiger partial charge in [-0.3, -0.25) is 0 Å². The van der Waals surface area contributed by atoms with Crippen molar-refractivity contribution < 1.29 is 9.47 Å². The minimum atomic E-state index is 0.879. The fraction of sp³-hybridized carbons (Fsp3) is 0.294. The van der Waals surface area contributed by atoms with E-state index in [0.29, 0.717) is 0 Å². The first-order valence-corrected chi connectivity index (χ1v) is 7.54. The molecule has 2 nitrogen and oxygen atoms in total. The highest BCUT2D eigenvalue weighted by Crippen LogP contribution is 2.37. The minimum Gasteiger partial charge on any atom is -0.497 e. The first-order chi connectivity index (χ1) is 9.69. The average molecular weight is 288 g/mol. The molecule has 1 heterocycles. The third-order valence-electron chi connectivity index (χ3n) is 3.32. The summed E-state index contributed by atoms with van der Waals surface area (Å²) >= 11 is 1.73. The predicted octanol–water partition coefficient (Wildman–Crippen LogP) is 5.02. The number of rotatable bonds is 5. The van der Waals surface area contributed by atoms with Crippen LogP contribution >= 0.6 is 11.3 Å². The van der Waals surface area contributed by atoms with E-state index in [1.807, 2.05) is 12.1 Å². The van der Waals surface area contributed by atoms with E-state index >= 15 is 0 Å². The van der Waals surface area contributed by atoms with Crippen LogP contribution in [0.4, 0.5) is 0 Å². The van der Waals surface area contributed by atoms with Crippen LogP contribution in [0.1, 0.15) is 29.3 Å². The summed E-state index contributed by atoms with van der Waals surface area (Å²) in [5.41, 5.74) is 3.71. The number of methoxy groups -OCH3 is 2. The van der Waals surface area contributed by atoms with E-state index in [9.17, 15) is 0 Å². The van der Waals surface area contributed by atoms with E-state index in [-0.39, 0.29) is 0 Å². The summed E-state index contributed by atoms with van der Waals surface area (Å²) in [5, 5.41) is 2.07. The molecule has 0 bridgehead atoms. The molecule has 1 aromatic carbocycles. The molecule has 0 aliphatic carbocycles. The van der Waals surface area contributed by atoms with Gasteiger partial charge in [0.1, 0.15) is 11.5 Å². The quantitative estimate of drug-likeness (QED) is 0.768. The number of thiophene rings is 1. The molecule has 0 radical (unpaired) electrons. The van der Waals surface area contributed by atoms with Gasteiger partial charge in [-0.25, -0.2) is 0 Å². The van der Waals surface area contributed by atoms with Crippen molar-refractivity contribution in [3.63, 3.8) is 0 Å². The first-order valence-electron chi connectivity index (χ1n) is 6.66. The molecule has 0 saturated carbocycles. The highest BCUT2D eigenvalue weighted by Gasteiger charge is 2.12. The summed E-state index contributed by atoms with van der Waals surface area (Å²) < 4.78 is 10.7. The first kappa shape index (κ1) is 14.7. The Balaban J connectivity index is 2.39. The molecule has 2 aromatic rings. The van der Waals surface area contributed by atoms with Crippen molar-refractivity contribution in [1.29, 1.82) is 0 Å². The van der Waals surface area contributed by atoms with Crippen molar-refractivity contribution in [1.82, 2.24) is 0 Å². The highest BCUT2D eigenvalue weighted by atomic mass is 32.1. The van der Waals surface area contributed by atoms with Gasteiger partial charge in [-0.1, -0.05) is 25.1 Å². The zero-order valence-electron chi connectivity index (χ0n) is 12.4. The highest BCUT2D eigenvalue weighted by molar-refractivity contribution is 7.10. The summed E-state index contributed by atoms with van der Waals surface area (Å²) in [4.78, 5) is 1.29. The zero-order valence-corrected chi connectivity index (χ0v) is 13.2. The molecule has 3 heteroatoms. The van der Waals surface area contributed by atoms with Gasteiger partial charge in [0.25, 0.3) is 0 Å². The van der Waals surface area contributed by atoms with Crippen LogP contribution in [0.2, 0.25) is 0 Å². The lowest BCUT2D eigenvalue weighted by atomic mass is 10.0. The van der Waals surface area contributed by atoms with Crippen molar-refractivity contribution in [2.24, 2.45) is 0 Å². The molecule has 0 aliphatic heterocycles. The van der Waals surface area contributed by atoms with Crippen LogP contribution < -0.4 is 9.47 Å². The summed E-state index contributed by atoms with van der Waals surface area (Å²) in [6.45, 7) is 4.31. The maximum atomic E-state index is 5.47. The molecule has 1 aromatic heterocycles. The Bertz CT molecular complexity index is 594. The summed E-state index contributed by atoms with van der Waals surface area (Å²) in [5.74, 6) is 1.85. The molecular weight excluding hydrogens is 268 g/mol. The second kappa shape index (κ2) is 6.62. The normalized spacial score (nSPS) is 11.5. The third kappa shape index (κ3) is 3.05. The van der Waals surface area contributed by atoms with E-state index in [2.05, 4.69) is 37.4 Å². The second-order valence-electron chi connectivity index (χ2n) is 4.53. The van der Waals surface area contributed by atoms with Gasteiger partial charge in [0, 0.05) is 15.8 Å². The van der Waals surface area contributed by atoms with E-state index < -0.39 is 0 Å². The fourth-order valence-electron chi connectivity index (χ4n) is 2.22. The Morgan fingerprint density at radius 3 is 2.40 bits per heavy atom. The largest absolute Gasteiger partial charge is 0.497 e. The third-order valence-corrected chi connectivity index (χ3v) is 4.21. The van der Waals surface area contributed by atoms with E-state index in [1.165, 1.54) is 21.6 Å². The second-order valence-corrected chi connectivity index (χ2v) is 5.62. The lowest BCUT2D eigenvalue weighted by Crippen LogP contribution is -1.89. The Morgan fingerprint density at radius 1 is 1.15 bits per heavy atom. The molecule has 0 saturated heterocycles. The van der Waals surface area contributed by atoms with Gasteiger partial charge < -0.3 is 9.47 Å². The van der Waals surface area contributed by atoms with Crippen LogP contribution in [0.3, 0.4) is 0 Å². The smallest absolute Gasteiger partial charge is 0.137 e. The van der Waals surface area contributed by atoms with Gasteiger partial charge in [0.2, 0.25) is 0 Å². The summed E-state index contributed by atoms with van der Waals surface area (Å²) in [7, 11) is 3.41. The Morgan fingerprint density at radius 2 is 1.85 bits per heavy atom. The molecule has 2 rings (SSSR count). The molecule has 106 valence electrons. The predicted molar refractivity (Wildman–Crippen MR) is 86.8 cm³/mol. The SMILES string of the molecule is CCC(=Cc1ccc(OC)cc1)c1c(OC)csc1C. The van der Waals surface area contributed by atoms with Crippen LogP contribution in [-0.4, -0.2) is 14.2 Å². The van der Waals surface area contributed by atoms with Gasteiger partial charge in [-0.15, -0.1) is 11.3 Å². The molecule has 0 spiro atoms. The van der Waals surface area contributed by atoms with Gasteiger partial charge in [0.15, 0.2) is 0 Å². The van der Waals surface area contributed by atoms with Gasteiger partial charge >= 0.3 is 0 Å². The molecule has 0 aliphatic rings. The van der Waals surface area contributed by atoms with Gasteiger partial charge in [-0.05, 0) is 36.6 Å². The number of benzene rings is 1. The van der Waals surface area contributed by atoms with E-state index in [0.717, 1.165) is 17.9 Å². The van der Waals surface area contributed by atoms with Gasteiger partial charge in [-0.2, -0.15) is 0 Å². The molecule has 0 fully saturated rings. The molecule has 20 heavy (non-hydrogen) atoms. The summed E-state index contributed by atoms with van der Waals surface area (Å²) in [6, 6.07) is 8.11. The monoisotopic (exact) mass is 288 g/mol. The Kier molecular flexibility index (Phi) is 4.85. The van der Waals surface area contributed by atoms with Crippen molar-refractivity contribution in [3.05, 3.63) is 45.6 Å². The summed E-state index contributed by atoms with van der Waals surface area (Å²) in [6.07, 6.45) is 3.19. The van der Waals surface area contributed by atoms with Crippen molar-refractivity contribution in [2.75, 3.05) is 14.2 Å². The number of ether oxygens (including phenoxy) is 2. The maximum Gasteiger partial charge on any atom is 0.137 e. The molecule has 0 amide bonds. The lowest BCUT2D eigenvalue weighted by molar-refractivity contribution is 0.414. The fourth-order valence-corrected chi connectivity index (χ4v) is 3.07. The molecule has 0 N–H and O–H groups in total. The minimum absolute atomic E-state index is 0.879. The van der Waals surface area contributed by atoms with Crippen molar-refractivity contribution in [2.45, 2.75) is 20.3 Å². The Hall–Kier alpha value is -1.74. The zero-order chi connectivity index (χ0) is 14.5. The number of allylic oxidation sites excluding steroid dienone is 1. The molecule has 0 unspecified atom stereocenters. The number of hydrogen-bond acceptors (Lipinski definition) is 3. The number of aryl methyl sites for hydroxylation is 1. The maximum absolute atomic E-state index is 5.47. The van der Waals surface area contributed by atoms with Crippen LogP contribution in [0, 0.1) is 6.92 Å². The van der Waals surface area contributed by atoms with Crippen molar-refractivity contribution >= 4 is 23.0 Å². The van der Waals surface area contributed by atoms with Crippen LogP contribution in [0.15, 0.2) is 29.6 Å². The van der Waals surface area contributed by atoms with E-state index in [4.69, 9.17) is 9.47 Å². The van der Waals surface area contributed by atoms with Crippen LogP contribution in [0.25, 0.3) is 11.6 Å². The topological polar surface area (TPSA) is 18.5 Å². The number of hydrogen-bond donors (Lipinski definition) is 0. The van der Waals surface area contributed by atoms with Crippen molar-refractivity contribution in [3.8, 4) is 11.5 Å². The molecular formula is C17H20O2S. The molecule has 0 atom stereocenters. The Labute approximate surface area is 124 Å². The standard InChI is InChI=1S/C17H20O2S/c1-5-14(17-12(2)20-11-16(17)19-4)10-13-6-8-15(18-3)9-7-13/h6-11H,5H2,1-4H3. The van der Waals surface area contributed by atoms with Crippen LogP contribution in [0.5, 0.6) is 11.5 Å². The van der Waals surface area contributed by atoms with Gasteiger partial charge in [0.05, 0.1) is 14.2 Å².